The van der Waals surface area contributed by atoms with E-state index >= 15 is 0 Å². The number of para-hydroxylation sites is 1. The van der Waals surface area contributed by atoms with Crippen molar-refractivity contribution in [1.82, 2.24) is 15.6 Å². The Morgan fingerprint density at radius 1 is 1.23 bits per heavy atom. The van der Waals surface area contributed by atoms with E-state index in [1.165, 1.54) is 0 Å². The van der Waals surface area contributed by atoms with E-state index in [9.17, 15) is 9.59 Å². The number of hydrogen-bond acceptors (Lipinski definition) is 5. The third-order valence-corrected chi connectivity index (χ3v) is 5.67. The summed E-state index contributed by atoms with van der Waals surface area (Å²) < 4.78 is 5.57. The van der Waals surface area contributed by atoms with Crippen LogP contribution in [0.3, 0.4) is 0 Å². The minimum Gasteiger partial charge on any atom is -0.494 e. The maximum atomic E-state index is 12.7. The number of aryl methyl sites for hydroxylation is 2. The first-order valence-corrected chi connectivity index (χ1v) is 11.1. The number of anilines is 1. The Morgan fingerprint density at radius 2 is 2.03 bits per heavy atom. The number of carbonyl (C=O) groups excluding carboxylic acids is 2. The molecule has 2 heterocycles. The Bertz CT molecular complexity index is 919. The molecule has 8 heteroatoms. The monoisotopic (exact) mass is 428 g/mol. The zero-order valence-electron chi connectivity index (χ0n) is 17.7. The highest BCUT2D eigenvalue weighted by Gasteiger charge is 2.26. The molecule has 2 N–H and O–H groups in total. The second-order valence-electron chi connectivity index (χ2n) is 7.03. The number of pyridine rings is 1. The van der Waals surface area contributed by atoms with Crippen LogP contribution in [0.4, 0.5) is 10.5 Å². The molecule has 3 rings (SSSR count). The Morgan fingerprint density at radius 3 is 2.83 bits per heavy atom. The molecule has 0 spiro atoms. The van der Waals surface area contributed by atoms with Crippen LogP contribution in [0.2, 0.25) is 0 Å². The first kappa shape index (κ1) is 22.0. The van der Waals surface area contributed by atoms with Gasteiger partial charge in [-0.25, -0.2) is 9.78 Å². The van der Waals surface area contributed by atoms with Gasteiger partial charge in [0, 0.05) is 43.1 Å². The number of carbonyl (C=O) groups is 2. The van der Waals surface area contributed by atoms with E-state index in [1.54, 1.807) is 16.7 Å². The van der Waals surface area contributed by atoms with E-state index in [2.05, 4.69) is 15.6 Å². The maximum Gasteiger partial charge on any atom is 0.322 e. The summed E-state index contributed by atoms with van der Waals surface area (Å²) in [6.07, 6.45) is 0.211. The van der Waals surface area contributed by atoms with E-state index in [4.69, 9.17) is 4.74 Å². The zero-order chi connectivity index (χ0) is 21.5. The predicted octanol–water partition coefficient (Wildman–Crippen LogP) is 3.43. The predicted molar refractivity (Wildman–Crippen MR) is 119 cm³/mol. The molecular formula is C22H28N4O3S. The van der Waals surface area contributed by atoms with E-state index in [-0.39, 0.29) is 24.9 Å². The molecule has 160 valence electrons. The molecule has 0 unspecified atom stereocenters. The van der Waals surface area contributed by atoms with E-state index in [1.807, 2.05) is 51.1 Å². The van der Waals surface area contributed by atoms with Crippen LogP contribution in [0.25, 0.3) is 0 Å². The molecule has 30 heavy (non-hydrogen) atoms. The Labute approximate surface area is 181 Å². The van der Waals surface area contributed by atoms with Gasteiger partial charge in [-0.1, -0.05) is 18.2 Å². The van der Waals surface area contributed by atoms with Gasteiger partial charge in [0.15, 0.2) is 0 Å². The summed E-state index contributed by atoms with van der Waals surface area (Å²) in [7, 11) is 0. The van der Waals surface area contributed by atoms with Gasteiger partial charge in [-0.15, -0.1) is 11.8 Å². The number of hydrogen-bond donors (Lipinski definition) is 2. The van der Waals surface area contributed by atoms with Crippen molar-refractivity contribution in [1.29, 1.82) is 0 Å². The molecule has 3 amide bonds. The number of ether oxygens (including phenoxy) is 1. The number of thioether (sulfide) groups is 1. The molecule has 1 aromatic heterocycles. The van der Waals surface area contributed by atoms with Crippen molar-refractivity contribution in [3.05, 3.63) is 47.2 Å². The van der Waals surface area contributed by atoms with Gasteiger partial charge in [-0.3, -0.25) is 9.69 Å². The van der Waals surface area contributed by atoms with Crippen molar-refractivity contribution in [2.45, 2.75) is 38.8 Å². The normalized spacial score (nSPS) is 12.8. The Balaban J connectivity index is 1.49. The van der Waals surface area contributed by atoms with Crippen LogP contribution in [-0.2, 0) is 11.3 Å². The van der Waals surface area contributed by atoms with Gasteiger partial charge in [-0.05, 0) is 38.5 Å². The largest absolute Gasteiger partial charge is 0.494 e. The van der Waals surface area contributed by atoms with Crippen LogP contribution in [-0.4, -0.2) is 42.4 Å². The molecule has 0 saturated carbocycles. The molecule has 1 aliphatic rings. The van der Waals surface area contributed by atoms with Gasteiger partial charge >= 0.3 is 6.03 Å². The molecule has 2 aromatic rings. The zero-order valence-corrected chi connectivity index (χ0v) is 18.5. The summed E-state index contributed by atoms with van der Waals surface area (Å²) >= 11 is 1.67. The van der Waals surface area contributed by atoms with Crippen LogP contribution in [0, 0.1) is 13.8 Å². The van der Waals surface area contributed by atoms with Crippen LogP contribution < -0.4 is 20.3 Å². The summed E-state index contributed by atoms with van der Waals surface area (Å²) in [6.45, 7) is 7.74. The first-order valence-electron chi connectivity index (χ1n) is 10.1. The fraction of sp³-hybridized carbons (Fsp3) is 0.409. The smallest absolute Gasteiger partial charge is 0.322 e. The molecule has 1 aromatic carbocycles. The maximum absolute atomic E-state index is 12.7. The summed E-state index contributed by atoms with van der Waals surface area (Å²) in [5.41, 5.74) is 3.78. The minimum absolute atomic E-state index is 0.121. The first-order chi connectivity index (χ1) is 14.5. The van der Waals surface area contributed by atoms with Crippen molar-refractivity contribution in [2.75, 3.05) is 30.3 Å². The van der Waals surface area contributed by atoms with E-state index < -0.39 is 0 Å². The Hall–Kier alpha value is -2.74. The van der Waals surface area contributed by atoms with Crippen LogP contribution in [0.1, 0.15) is 30.2 Å². The van der Waals surface area contributed by atoms with Gasteiger partial charge in [0.05, 0.1) is 12.3 Å². The average Bonchev–Trinajstić information content (AvgIpc) is 2.72. The topological polar surface area (TPSA) is 83.6 Å². The lowest BCUT2D eigenvalue weighted by Gasteiger charge is -2.30. The lowest BCUT2D eigenvalue weighted by atomic mass is 10.2. The summed E-state index contributed by atoms with van der Waals surface area (Å²) in [5.74, 6) is 1.45. The second kappa shape index (κ2) is 10.3. The second-order valence-corrected chi connectivity index (χ2v) is 8.12. The number of aromatic nitrogens is 1. The number of nitrogens with zero attached hydrogens (tertiary/aromatic N) is 2. The number of nitrogens with one attached hydrogen (secondary N) is 2. The molecule has 0 bridgehead atoms. The Kier molecular flexibility index (Phi) is 7.57. The summed E-state index contributed by atoms with van der Waals surface area (Å²) in [4.78, 5) is 31.2. The van der Waals surface area contributed by atoms with Gasteiger partial charge in [-0.2, -0.15) is 0 Å². The molecule has 0 saturated heterocycles. The fourth-order valence-corrected chi connectivity index (χ4v) is 4.46. The third kappa shape index (κ3) is 5.44. The van der Waals surface area contributed by atoms with Crippen molar-refractivity contribution in [3.63, 3.8) is 0 Å². The van der Waals surface area contributed by atoms with Crippen molar-refractivity contribution in [2.24, 2.45) is 0 Å². The molecular weight excluding hydrogens is 400 g/mol. The summed E-state index contributed by atoms with van der Waals surface area (Å²) in [6, 6.07) is 9.42. The average molecular weight is 429 g/mol. The fourth-order valence-electron chi connectivity index (χ4n) is 3.38. The number of fused-ring (bicyclic) bond motifs is 1. The number of rotatable bonds is 7. The van der Waals surface area contributed by atoms with Crippen molar-refractivity contribution >= 4 is 29.4 Å². The molecule has 0 atom stereocenters. The van der Waals surface area contributed by atoms with Crippen LogP contribution >= 0.6 is 11.8 Å². The van der Waals surface area contributed by atoms with Crippen molar-refractivity contribution < 1.29 is 14.3 Å². The van der Waals surface area contributed by atoms with E-state index in [0.717, 1.165) is 39.0 Å². The van der Waals surface area contributed by atoms with Crippen molar-refractivity contribution in [3.8, 4) is 5.75 Å². The van der Waals surface area contributed by atoms with Gasteiger partial charge in [0.1, 0.15) is 10.8 Å². The SMILES string of the molecule is CCOc1ccccc1CNC(=O)CCNC(=O)N1CCSc2nc(C)cc(C)c21. The highest BCUT2D eigenvalue weighted by Crippen LogP contribution is 2.36. The molecule has 0 fully saturated rings. The molecule has 0 radical (unpaired) electrons. The van der Waals surface area contributed by atoms with Gasteiger partial charge in [0.2, 0.25) is 5.91 Å². The quantitative estimate of drug-likeness (QED) is 0.706. The van der Waals surface area contributed by atoms with E-state index in [0.29, 0.717) is 19.7 Å². The minimum atomic E-state index is -0.195. The standard InChI is InChI=1S/C22H28N4O3S/c1-4-29-18-8-6-5-7-17(18)14-24-19(27)9-10-23-22(28)26-11-12-30-21-20(26)15(2)13-16(3)25-21/h5-8,13H,4,9-12,14H2,1-3H3,(H,23,28)(H,24,27). The van der Waals surface area contributed by atoms with Gasteiger partial charge in [0.25, 0.3) is 0 Å². The van der Waals surface area contributed by atoms with Crippen LogP contribution in [0.5, 0.6) is 5.75 Å². The molecule has 0 aliphatic carbocycles. The summed E-state index contributed by atoms with van der Waals surface area (Å²) in [5, 5.41) is 6.63. The lowest BCUT2D eigenvalue weighted by molar-refractivity contribution is -0.121. The lowest BCUT2D eigenvalue weighted by Crippen LogP contribution is -2.44. The highest BCUT2D eigenvalue weighted by atomic mass is 32.2. The number of urea groups is 1. The number of benzene rings is 1. The third-order valence-electron chi connectivity index (χ3n) is 4.72. The highest BCUT2D eigenvalue weighted by molar-refractivity contribution is 7.99. The number of amides is 3. The molecule has 7 nitrogen and oxygen atoms in total. The molecule has 1 aliphatic heterocycles. The van der Waals surface area contributed by atoms with Crippen LogP contribution in [0.15, 0.2) is 35.4 Å². The van der Waals surface area contributed by atoms with Gasteiger partial charge < -0.3 is 15.4 Å².